The van der Waals surface area contributed by atoms with Crippen LogP contribution in [0.3, 0.4) is 0 Å². The third-order valence-electron chi connectivity index (χ3n) is 4.54. The number of aromatic nitrogens is 5. The lowest BCUT2D eigenvalue weighted by Gasteiger charge is -2.12. The third-order valence-corrected chi connectivity index (χ3v) is 4.54. The molecule has 0 aliphatic heterocycles. The topological polar surface area (TPSA) is 85.1 Å². The summed E-state index contributed by atoms with van der Waals surface area (Å²) in [6.07, 6.45) is -1.65. The molecule has 1 N–H and O–H groups in total. The number of hydrogen-bond donors (Lipinski definition) is 1. The van der Waals surface area contributed by atoms with E-state index in [0.29, 0.717) is 11.5 Å². The van der Waals surface area contributed by atoms with Crippen molar-refractivity contribution in [3.05, 3.63) is 71.9 Å². The minimum absolute atomic E-state index is 0.0430. The van der Waals surface area contributed by atoms with Gasteiger partial charge in [0.05, 0.1) is 17.5 Å². The average molecular weight is 426 g/mol. The van der Waals surface area contributed by atoms with Crippen molar-refractivity contribution in [2.24, 2.45) is 0 Å². The van der Waals surface area contributed by atoms with Gasteiger partial charge in [-0.3, -0.25) is 4.79 Å². The van der Waals surface area contributed by atoms with Gasteiger partial charge in [-0.1, -0.05) is 32.0 Å². The molecule has 0 saturated heterocycles. The first-order chi connectivity index (χ1) is 14.7. The van der Waals surface area contributed by atoms with E-state index in [9.17, 15) is 18.0 Å². The maximum absolute atomic E-state index is 13.4. The Labute approximate surface area is 175 Å². The molecule has 0 fully saturated rings. The number of halogens is 3. The van der Waals surface area contributed by atoms with Crippen LogP contribution in [0.25, 0.3) is 16.9 Å². The molecule has 4 rings (SSSR count). The fourth-order valence-corrected chi connectivity index (χ4v) is 3.01. The maximum atomic E-state index is 13.4. The Morgan fingerprint density at radius 1 is 1.06 bits per heavy atom. The summed E-state index contributed by atoms with van der Waals surface area (Å²) in [4.78, 5) is 25.2. The summed E-state index contributed by atoms with van der Waals surface area (Å²) in [7, 11) is 0. The van der Waals surface area contributed by atoms with E-state index in [1.165, 1.54) is 53.3 Å². The highest BCUT2D eigenvalue weighted by Crippen LogP contribution is 2.36. The fraction of sp³-hybridized carbons (Fsp3) is 0.190. The molecular formula is C21H17F3N6O. The predicted octanol–water partition coefficient (Wildman–Crippen LogP) is 4.58. The molecule has 4 aromatic rings. The summed E-state index contributed by atoms with van der Waals surface area (Å²) < 4.78 is 41.5. The van der Waals surface area contributed by atoms with Crippen molar-refractivity contribution >= 4 is 17.4 Å². The summed E-state index contributed by atoms with van der Waals surface area (Å²) in [5, 5.41) is 6.94. The number of carbonyl (C=O) groups is 1. The highest BCUT2D eigenvalue weighted by Gasteiger charge is 2.33. The monoisotopic (exact) mass is 426 g/mol. The van der Waals surface area contributed by atoms with Crippen LogP contribution in [0.15, 0.2) is 54.9 Å². The fourth-order valence-electron chi connectivity index (χ4n) is 3.01. The van der Waals surface area contributed by atoms with Crippen LogP contribution in [0.2, 0.25) is 0 Å². The minimum Gasteiger partial charge on any atom is -0.304 e. The van der Waals surface area contributed by atoms with E-state index in [0.717, 1.165) is 6.07 Å². The van der Waals surface area contributed by atoms with Crippen molar-refractivity contribution in [2.75, 3.05) is 5.32 Å². The van der Waals surface area contributed by atoms with E-state index in [1.54, 1.807) is 0 Å². The molecule has 0 aliphatic carbocycles. The van der Waals surface area contributed by atoms with Gasteiger partial charge in [0, 0.05) is 17.7 Å². The number of amides is 1. The second-order valence-electron chi connectivity index (χ2n) is 7.08. The van der Waals surface area contributed by atoms with E-state index in [4.69, 9.17) is 0 Å². The predicted molar refractivity (Wildman–Crippen MR) is 107 cm³/mol. The Morgan fingerprint density at radius 3 is 2.58 bits per heavy atom. The van der Waals surface area contributed by atoms with Crippen LogP contribution in [0.1, 0.15) is 41.6 Å². The van der Waals surface area contributed by atoms with Crippen LogP contribution in [0, 0.1) is 0 Å². The highest BCUT2D eigenvalue weighted by molar-refractivity contribution is 6.02. The minimum atomic E-state index is -4.53. The van der Waals surface area contributed by atoms with Gasteiger partial charge in [0.1, 0.15) is 11.5 Å². The molecule has 0 saturated carbocycles. The van der Waals surface area contributed by atoms with Crippen LogP contribution in [-0.4, -0.2) is 30.5 Å². The third kappa shape index (κ3) is 4.09. The van der Waals surface area contributed by atoms with Gasteiger partial charge in [-0.05, 0) is 24.3 Å². The first kappa shape index (κ1) is 20.5. The number of benzene rings is 1. The second-order valence-corrected chi connectivity index (χ2v) is 7.08. The molecule has 158 valence electrons. The van der Waals surface area contributed by atoms with Gasteiger partial charge in [0.2, 0.25) is 0 Å². The maximum Gasteiger partial charge on any atom is 0.417 e. The average Bonchev–Trinajstić information content (AvgIpc) is 3.15. The quantitative estimate of drug-likeness (QED) is 0.516. The molecule has 0 spiro atoms. The Kier molecular flexibility index (Phi) is 5.14. The van der Waals surface area contributed by atoms with Crippen LogP contribution < -0.4 is 5.32 Å². The molecule has 0 atom stereocenters. The lowest BCUT2D eigenvalue weighted by Crippen LogP contribution is -2.17. The van der Waals surface area contributed by atoms with E-state index >= 15 is 0 Å². The van der Waals surface area contributed by atoms with E-state index in [-0.39, 0.29) is 28.7 Å². The first-order valence-corrected chi connectivity index (χ1v) is 9.39. The zero-order valence-corrected chi connectivity index (χ0v) is 16.6. The molecule has 1 aromatic carbocycles. The second kappa shape index (κ2) is 7.78. The normalized spacial score (nSPS) is 11.8. The van der Waals surface area contributed by atoms with Gasteiger partial charge >= 0.3 is 6.18 Å². The van der Waals surface area contributed by atoms with Gasteiger partial charge < -0.3 is 5.32 Å². The molecular weight excluding hydrogens is 409 g/mol. The van der Waals surface area contributed by atoms with Crippen LogP contribution in [-0.2, 0) is 6.18 Å². The lowest BCUT2D eigenvalue weighted by atomic mass is 10.0. The van der Waals surface area contributed by atoms with Gasteiger partial charge in [-0.15, -0.1) is 0 Å². The molecule has 0 radical (unpaired) electrons. The van der Waals surface area contributed by atoms with Gasteiger partial charge in [0.15, 0.2) is 11.5 Å². The molecule has 7 nitrogen and oxygen atoms in total. The summed E-state index contributed by atoms with van der Waals surface area (Å²) in [5.41, 5.74) is -0.241. The van der Waals surface area contributed by atoms with Crippen LogP contribution in [0.5, 0.6) is 0 Å². The Morgan fingerprint density at radius 2 is 1.84 bits per heavy atom. The molecule has 3 aromatic heterocycles. The molecule has 0 unspecified atom stereocenters. The van der Waals surface area contributed by atoms with Crippen molar-refractivity contribution in [1.82, 2.24) is 24.6 Å². The zero-order chi connectivity index (χ0) is 22.2. The number of carbonyl (C=O) groups excluding carboxylic acids is 1. The molecule has 0 bridgehead atoms. The van der Waals surface area contributed by atoms with Gasteiger partial charge in [0.25, 0.3) is 5.91 Å². The number of nitrogens with one attached hydrogen (secondary N) is 1. The largest absolute Gasteiger partial charge is 0.417 e. The lowest BCUT2D eigenvalue weighted by molar-refractivity contribution is -0.137. The standard InChI is InChI=1S/C21H17F3N6O/c1-12(2)19-25-10-9-16(27-19)20(31)28-18-11-26-17-8-7-15(29-30(17)18)13-5-3-4-6-14(13)21(22,23)24/h3-12H,1-2H3,(H,28,31). The molecule has 3 heterocycles. The van der Waals surface area contributed by atoms with Crippen molar-refractivity contribution < 1.29 is 18.0 Å². The van der Waals surface area contributed by atoms with E-state index in [2.05, 4.69) is 25.4 Å². The summed E-state index contributed by atoms with van der Waals surface area (Å²) in [6.45, 7) is 3.82. The van der Waals surface area contributed by atoms with Gasteiger partial charge in [-0.2, -0.15) is 22.8 Å². The van der Waals surface area contributed by atoms with Crippen molar-refractivity contribution in [2.45, 2.75) is 25.9 Å². The number of nitrogens with zero attached hydrogens (tertiary/aromatic N) is 5. The Balaban J connectivity index is 1.71. The number of rotatable bonds is 4. The van der Waals surface area contributed by atoms with Crippen LogP contribution >= 0.6 is 0 Å². The van der Waals surface area contributed by atoms with E-state index in [1.807, 2.05) is 13.8 Å². The van der Waals surface area contributed by atoms with Crippen molar-refractivity contribution in [1.29, 1.82) is 0 Å². The highest BCUT2D eigenvalue weighted by atomic mass is 19.4. The Bertz CT molecular complexity index is 1270. The summed E-state index contributed by atoms with van der Waals surface area (Å²) in [5.74, 6) is 0.265. The first-order valence-electron chi connectivity index (χ1n) is 9.39. The van der Waals surface area contributed by atoms with Crippen molar-refractivity contribution in [3.63, 3.8) is 0 Å². The number of fused-ring (bicyclic) bond motifs is 1. The molecule has 31 heavy (non-hydrogen) atoms. The smallest absolute Gasteiger partial charge is 0.304 e. The van der Waals surface area contributed by atoms with Crippen LogP contribution in [0.4, 0.5) is 19.0 Å². The summed E-state index contributed by atoms with van der Waals surface area (Å²) in [6, 6.07) is 9.64. The SMILES string of the molecule is CC(C)c1nccc(C(=O)Nc2cnc3ccc(-c4ccccc4C(F)(F)F)nn23)n1. The zero-order valence-electron chi connectivity index (χ0n) is 16.6. The summed E-state index contributed by atoms with van der Waals surface area (Å²) >= 11 is 0. The van der Waals surface area contributed by atoms with E-state index < -0.39 is 17.6 Å². The van der Waals surface area contributed by atoms with Gasteiger partial charge in [-0.25, -0.2) is 15.0 Å². The number of imidazole rings is 1. The molecule has 1 amide bonds. The number of hydrogen-bond acceptors (Lipinski definition) is 5. The number of alkyl halides is 3. The Hall–Kier alpha value is -3.82. The van der Waals surface area contributed by atoms with Crippen molar-refractivity contribution in [3.8, 4) is 11.3 Å². The number of anilines is 1. The molecule has 10 heteroatoms. The molecule has 0 aliphatic rings.